The summed E-state index contributed by atoms with van der Waals surface area (Å²) >= 11 is 8.29. The Morgan fingerprint density at radius 3 is 2.25 bits per heavy atom. The van der Waals surface area contributed by atoms with Gasteiger partial charge in [0.05, 0.1) is 0 Å². The van der Waals surface area contributed by atoms with Gasteiger partial charge in [0.25, 0.3) is 0 Å². The first-order chi connectivity index (χ1) is 13.8. The zero-order chi connectivity index (χ0) is 18.7. The molecular weight excluding hydrogens is 380 g/mol. The van der Waals surface area contributed by atoms with Gasteiger partial charge in [0.1, 0.15) is 0 Å². The molecule has 0 unspecified atom stereocenters. The van der Waals surface area contributed by atoms with E-state index in [0.29, 0.717) is 0 Å². The molecule has 0 aliphatic heterocycles. The van der Waals surface area contributed by atoms with E-state index in [1.165, 1.54) is 52.8 Å². The maximum Gasteiger partial charge on any atom is 0.0499 e. The van der Waals surface area contributed by atoms with Crippen LogP contribution in [0.25, 0.3) is 52.8 Å². The standard InChI is InChI=1S/C26H15ClS/c27-23-10-5-11-24-26(23)21-13-12-17(15-25(21)28-24)22-14-16-6-1-2-7-18(16)19-8-3-4-9-20(19)22/h1-15H. The van der Waals surface area contributed by atoms with E-state index in [-0.39, 0.29) is 0 Å². The average molecular weight is 395 g/mol. The Morgan fingerprint density at radius 1 is 0.571 bits per heavy atom. The van der Waals surface area contributed by atoms with Gasteiger partial charge >= 0.3 is 0 Å². The van der Waals surface area contributed by atoms with Gasteiger partial charge in [-0.15, -0.1) is 11.3 Å². The molecule has 1 heterocycles. The number of thiophene rings is 1. The van der Waals surface area contributed by atoms with Crippen LogP contribution in [0.15, 0.2) is 91.0 Å². The molecule has 28 heavy (non-hydrogen) atoms. The van der Waals surface area contributed by atoms with Crippen molar-refractivity contribution in [2.75, 3.05) is 0 Å². The van der Waals surface area contributed by atoms with Gasteiger partial charge in [-0.1, -0.05) is 78.3 Å². The number of hydrogen-bond acceptors (Lipinski definition) is 1. The van der Waals surface area contributed by atoms with Gasteiger partial charge in [-0.05, 0) is 56.9 Å². The van der Waals surface area contributed by atoms with Crippen molar-refractivity contribution < 1.29 is 0 Å². The monoisotopic (exact) mass is 394 g/mol. The fourth-order valence-electron chi connectivity index (χ4n) is 4.24. The molecular formula is C26H15ClS. The molecule has 6 rings (SSSR count). The molecule has 0 atom stereocenters. The molecule has 0 saturated heterocycles. The van der Waals surface area contributed by atoms with Crippen LogP contribution >= 0.6 is 22.9 Å². The number of benzene rings is 5. The fraction of sp³-hybridized carbons (Fsp3) is 0. The smallest absolute Gasteiger partial charge is 0.0499 e. The summed E-state index contributed by atoms with van der Waals surface area (Å²) in [5.74, 6) is 0. The van der Waals surface area contributed by atoms with E-state index in [9.17, 15) is 0 Å². The van der Waals surface area contributed by atoms with Crippen LogP contribution < -0.4 is 0 Å². The maximum atomic E-state index is 6.48. The first kappa shape index (κ1) is 16.1. The molecule has 0 aliphatic carbocycles. The third-order valence-electron chi connectivity index (χ3n) is 5.53. The SMILES string of the molecule is Clc1cccc2sc3cc(-c4cc5ccccc5c5ccccc45)ccc3c12. The number of fused-ring (bicyclic) bond motifs is 6. The summed E-state index contributed by atoms with van der Waals surface area (Å²) in [4.78, 5) is 0. The van der Waals surface area contributed by atoms with Crippen LogP contribution in [0.5, 0.6) is 0 Å². The molecule has 0 fully saturated rings. The quantitative estimate of drug-likeness (QED) is 0.245. The molecule has 0 bridgehead atoms. The van der Waals surface area contributed by atoms with E-state index in [0.717, 1.165) is 5.02 Å². The molecule has 5 aromatic carbocycles. The van der Waals surface area contributed by atoms with E-state index in [1.54, 1.807) is 0 Å². The minimum atomic E-state index is 0.827. The lowest BCUT2D eigenvalue weighted by molar-refractivity contribution is 1.72. The van der Waals surface area contributed by atoms with Crippen molar-refractivity contribution in [3.63, 3.8) is 0 Å². The summed E-state index contributed by atoms with van der Waals surface area (Å²) < 4.78 is 2.51. The highest BCUT2D eigenvalue weighted by Crippen LogP contribution is 2.41. The Hall–Kier alpha value is -2.87. The molecule has 0 spiro atoms. The van der Waals surface area contributed by atoms with E-state index in [1.807, 2.05) is 23.5 Å². The molecule has 0 radical (unpaired) electrons. The molecule has 0 saturated carbocycles. The van der Waals surface area contributed by atoms with Gasteiger partial charge in [-0.3, -0.25) is 0 Å². The second-order valence-electron chi connectivity index (χ2n) is 7.12. The van der Waals surface area contributed by atoms with Crippen molar-refractivity contribution in [2.45, 2.75) is 0 Å². The summed E-state index contributed by atoms with van der Waals surface area (Å²) in [5, 5.41) is 8.40. The van der Waals surface area contributed by atoms with Crippen LogP contribution in [0.2, 0.25) is 5.02 Å². The molecule has 0 N–H and O–H groups in total. The van der Waals surface area contributed by atoms with Crippen LogP contribution in [0.4, 0.5) is 0 Å². The second kappa shape index (κ2) is 6.07. The Labute approximate surface area is 171 Å². The molecule has 0 nitrogen and oxygen atoms in total. The Balaban J connectivity index is 1.69. The third-order valence-corrected chi connectivity index (χ3v) is 6.96. The van der Waals surface area contributed by atoms with E-state index in [4.69, 9.17) is 11.6 Å². The van der Waals surface area contributed by atoms with E-state index >= 15 is 0 Å². The Bertz CT molecular complexity index is 1520. The molecule has 6 aromatic rings. The zero-order valence-electron chi connectivity index (χ0n) is 14.9. The lowest BCUT2D eigenvalue weighted by atomic mass is 9.93. The topological polar surface area (TPSA) is 0 Å². The lowest BCUT2D eigenvalue weighted by Gasteiger charge is -2.11. The van der Waals surface area contributed by atoms with Gasteiger partial charge < -0.3 is 0 Å². The highest BCUT2D eigenvalue weighted by Gasteiger charge is 2.12. The van der Waals surface area contributed by atoms with Gasteiger partial charge in [0.15, 0.2) is 0 Å². The number of halogens is 1. The largest absolute Gasteiger partial charge is 0.135 e. The summed E-state index contributed by atoms with van der Waals surface area (Å²) in [5.41, 5.74) is 2.52. The number of hydrogen-bond donors (Lipinski definition) is 0. The van der Waals surface area contributed by atoms with Gasteiger partial charge in [-0.25, -0.2) is 0 Å². The minimum absolute atomic E-state index is 0.827. The minimum Gasteiger partial charge on any atom is -0.135 e. The molecule has 1 aromatic heterocycles. The summed E-state index contributed by atoms with van der Waals surface area (Å²) in [6.07, 6.45) is 0. The predicted octanol–water partition coefficient (Wildman–Crippen LogP) is 8.68. The highest BCUT2D eigenvalue weighted by atomic mass is 35.5. The second-order valence-corrected chi connectivity index (χ2v) is 8.61. The summed E-state index contributed by atoms with van der Waals surface area (Å²) in [7, 11) is 0. The first-order valence-corrected chi connectivity index (χ1v) is 10.5. The fourth-order valence-corrected chi connectivity index (χ4v) is 5.75. The van der Waals surface area contributed by atoms with Crippen molar-refractivity contribution in [1.82, 2.24) is 0 Å². The van der Waals surface area contributed by atoms with Gasteiger partial charge in [0, 0.05) is 25.2 Å². The predicted molar refractivity (Wildman–Crippen MR) is 125 cm³/mol. The summed E-state index contributed by atoms with van der Waals surface area (Å²) in [6, 6.07) is 32.5. The van der Waals surface area contributed by atoms with Crippen LogP contribution in [-0.4, -0.2) is 0 Å². The molecule has 2 heteroatoms. The van der Waals surface area contributed by atoms with Crippen molar-refractivity contribution >= 4 is 64.7 Å². The van der Waals surface area contributed by atoms with Crippen LogP contribution in [0, 0.1) is 0 Å². The highest BCUT2D eigenvalue weighted by molar-refractivity contribution is 7.26. The Kier molecular flexibility index (Phi) is 3.49. The van der Waals surface area contributed by atoms with Crippen LogP contribution in [0.1, 0.15) is 0 Å². The van der Waals surface area contributed by atoms with Crippen LogP contribution in [0.3, 0.4) is 0 Å². The van der Waals surface area contributed by atoms with Crippen LogP contribution in [-0.2, 0) is 0 Å². The normalized spacial score (nSPS) is 11.8. The average Bonchev–Trinajstić information content (AvgIpc) is 3.12. The van der Waals surface area contributed by atoms with Gasteiger partial charge in [-0.2, -0.15) is 0 Å². The first-order valence-electron chi connectivity index (χ1n) is 9.31. The molecule has 0 aliphatic rings. The Morgan fingerprint density at radius 2 is 1.36 bits per heavy atom. The van der Waals surface area contributed by atoms with Crippen molar-refractivity contribution in [1.29, 1.82) is 0 Å². The zero-order valence-corrected chi connectivity index (χ0v) is 16.5. The van der Waals surface area contributed by atoms with E-state index < -0.39 is 0 Å². The number of rotatable bonds is 1. The van der Waals surface area contributed by atoms with Crippen molar-refractivity contribution in [3.05, 3.63) is 96.0 Å². The maximum absolute atomic E-state index is 6.48. The lowest BCUT2D eigenvalue weighted by Crippen LogP contribution is -1.84. The summed E-state index contributed by atoms with van der Waals surface area (Å²) in [6.45, 7) is 0. The van der Waals surface area contributed by atoms with Gasteiger partial charge in [0.2, 0.25) is 0 Å². The van der Waals surface area contributed by atoms with E-state index in [2.05, 4.69) is 78.9 Å². The molecule has 132 valence electrons. The third kappa shape index (κ3) is 2.30. The molecule has 0 amide bonds. The van der Waals surface area contributed by atoms with Crippen molar-refractivity contribution in [3.8, 4) is 11.1 Å². The van der Waals surface area contributed by atoms with Crippen molar-refractivity contribution in [2.24, 2.45) is 0 Å².